The van der Waals surface area contributed by atoms with Crippen LogP contribution in [0.3, 0.4) is 0 Å². The van der Waals surface area contributed by atoms with Crippen LogP contribution in [0.4, 0.5) is 0 Å². The van der Waals surface area contributed by atoms with Crippen molar-refractivity contribution in [1.82, 2.24) is 5.32 Å². The van der Waals surface area contributed by atoms with Crippen LogP contribution < -0.4 is 5.32 Å². The Morgan fingerprint density at radius 1 is 1.26 bits per heavy atom. The minimum atomic E-state index is 0.607. The van der Waals surface area contributed by atoms with Gasteiger partial charge in [0.1, 0.15) is 0 Å². The first-order valence-electron chi connectivity index (χ1n) is 8.34. The van der Waals surface area contributed by atoms with Gasteiger partial charge >= 0.3 is 0 Å². The van der Waals surface area contributed by atoms with Crippen molar-refractivity contribution in [2.24, 2.45) is 11.3 Å². The Balaban J connectivity index is 2.43. The van der Waals surface area contributed by atoms with Gasteiger partial charge < -0.3 is 5.32 Å². The van der Waals surface area contributed by atoms with Gasteiger partial charge in [0.15, 0.2) is 0 Å². The Morgan fingerprint density at radius 3 is 2.47 bits per heavy atom. The lowest BCUT2D eigenvalue weighted by Crippen LogP contribution is -2.40. The summed E-state index contributed by atoms with van der Waals surface area (Å²) in [6, 6.07) is 0.629. The van der Waals surface area contributed by atoms with Crippen molar-refractivity contribution in [2.75, 3.05) is 18.6 Å². The van der Waals surface area contributed by atoms with E-state index < -0.39 is 0 Å². The molecule has 19 heavy (non-hydrogen) atoms. The number of hydrogen-bond donors (Lipinski definition) is 1. The van der Waals surface area contributed by atoms with E-state index in [-0.39, 0.29) is 0 Å². The van der Waals surface area contributed by atoms with E-state index in [0.717, 1.165) is 5.92 Å². The largest absolute Gasteiger partial charge is 0.314 e. The lowest BCUT2D eigenvalue weighted by Gasteiger charge is -2.41. The molecule has 0 saturated heterocycles. The molecule has 0 aliphatic heterocycles. The van der Waals surface area contributed by atoms with E-state index in [9.17, 15) is 0 Å². The van der Waals surface area contributed by atoms with Crippen LogP contribution in [0.25, 0.3) is 0 Å². The second-order valence-electron chi connectivity index (χ2n) is 6.86. The minimum absolute atomic E-state index is 0.607. The van der Waals surface area contributed by atoms with Gasteiger partial charge in [0, 0.05) is 12.6 Å². The van der Waals surface area contributed by atoms with Gasteiger partial charge in [-0.1, -0.05) is 40.0 Å². The van der Waals surface area contributed by atoms with Crippen LogP contribution in [0.15, 0.2) is 0 Å². The average molecular weight is 286 g/mol. The number of nitrogens with one attached hydrogen (secondary N) is 1. The highest BCUT2D eigenvalue weighted by Gasteiger charge is 2.34. The summed E-state index contributed by atoms with van der Waals surface area (Å²) in [5.41, 5.74) is 0.607. The van der Waals surface area contributed by atoms with Crippen molar-refractivity contribution in [3.8, 4) is 0 Å². The second-order valence-corrected chi connectivity index (χ2v) is 7.85. The third-order valence-corrected chi connectivity index (χ3v) is 5.47. The maximum atomic E-state index is 3.71. The predicted octanol–water partition coefficient (Wildman–Crippen LogP) is 5.10. The molecule has 1 aliphatic carbocycles. The van der Waals surface area contributed by atoms with Gasteiger partial charge in [-0.3, -0.25) is 0 Å². The molecule has 1 N–H and O–H groups in total. The molecule has 0 aromatic carbocycles. The first-order valence-corrected chi connectivity index (χ1v) is 9.73. The maximum Gasteiger partial charge on any atom is 0.00106 e. The van der Waals surface area contributed by atoms with Gasteiger partial charge in [-0.2, -0.15) is 11.8 Å². The van der Waals surface area contributed by atoms with Gasteiger partial charge in [-0.05, 0) is 55.4 Å². The van der Waals surface area contributed by atoms with Crippen molar-refractivity contribution in [3.05, 3.63) is 0 Å². The molecular weight excluding hydrogens is 250 g/mol. The van der Waals surface area contributed by atoms with Gasteiger partial charge in [0.25, 0.3) is 0 Å². The zero-order valence-corrected chi connectivity index (χ0v) is 14.5. The van der Waals surface area contributed by atoms with E-state index in [1.54, 1.807) is 0 Å². The van der Waals surface area contributed by atoms with Crippen molar-refractivity contribution in [2.45, 2.75) is 78.2 Å². The minimum Gasteiger partial charge on any atom is -0.314 e. The van der Waals surface area contributed by atoms with Crippen molar-refractivity contribution >= 4 is 11.8 Å². The van der Waals surface area contributed by atoms with Gasteiger partial charge in [-0.15, -0.1) is 0 Å². The van der Waals surface area contributed by atoms with Crippen LogP contribution in [0, 0.1) is 11.3 Å². The molecule has 0 aromatic heterocycles. The lowest BCUT2D eigenvalue weighted by molar-refractivity contribution is 0.132. The molecule has 0 unspecified atom stereocenters. The summed E-state index contributed by atoms with van der Waals surface area (Å²) in [6.07, 6.45) is 13.8. The summed E-state index contributed by atoms with van der Waals surface area (Å²) in [6.45, 7) is 8.11. The summed E-state index contributed by atoms with van der Waals surface area (Å²) in [5.74, 6) is 2.36. The number of thioether (sulfide) groups is 1. The van der Waals surface area contributed by atoms with E-state index >= 15 is 0 Å². The number of unbranched alkanes of at least 4 members (excludes halogenated alkanes) is 1. The molecule has 1 nitrogen and oxygen atoms in total. The Morgan fingerprint density at radius 2 is 1.95 bits per heavy atom. The van der Waals surface area contributed by atoms with E-state index in [0.29, 0.717) is 11.5 Å². The molecule has 2 heteroatoms. The van der Waals surface area contributed by atoms with Crippen molar-refractivity contribution < 1.29 is 0 Å². The standard InChI is InChI=1S/C17H35NS/c1-5-6-7-16-8-10-17(11-9-16,12-13-19-4)14-18-15(2)3/h15-16,18H,5-14H2,1-4H3. The molecule has 0 spiro atoms. The zero-order chi connectivity index (χ0) is 14.1. The first kappa shape index (κ1) is 17.4. The average Bonchev–Trinajstić information content (AvgIpc) is 2.42. The van der Waals surface area contributed by atoms with Gasteiger partial charge in [0.05, 0.1) is 0 Å². The highest BCUT2D eigenvalue weighted by molar-refractivity contribution is 7.98. The van der Waals surface area contributed by atoms with Crippen LogP contribution in [0.1, 0.15) is 72.1 Å². The molecule has 1 aliphatic rings. The Hall–Kier alpha value is 0.310. The monoisotopic (exact) mass is 285 g/mol. The fourth-order valence-corrected chi connectivity index (χ4v) is 3.96. The third kappa shape index (κ3) is 6.53. The quantitative estimate of drug-likeness (QED) is 0.632. The van der Waals surface area contributed by atoms with E-state index in [1.165, 1.54) is 63.7 Å². The molecular formula is C17H35NS. The molecule has 0 aromatic rings. The Bertz CT molecular complexity index is 219. The molecule has 0 radical (unpaired) electrons. The zero-order valence-electron chi connectivity index (χ0n) is 13.6. The van der Waals surface area contributed by atoms with E-state index in [4.69, 9.17) is 0 Å². The number of rotatable bonds is 9. The van der Waals surface area contributed by atoms with Crippen molar-refractivity contribution in [1.29, 1.82) is 0 Å². The summed E-state index contributed by atoms with van der Waals surface area (Å²) < 4.78 is 0. The molecule has 114 valence electrons. The molecule has 1 saturated carbocycles. The van der Waals surface area contributed by atoms with Crippen molar-refractivity contribution in [3.63, 3.8) is 0 Å². The molecule has 1 rings (SSSR count). The van der Waals surface area contributed by atoms with Crippen LogP contribution in [-0.2, 0) is 0 Å². The summed E-state index contributed by atoms with van der Waals surface area (Å²) in [7, 11) is 0. The summed E-state index contributed by atoms with van der Waals surface area (Å²) in [4.78, 5) is 0. The highest BCUT2D eigenvalue weighted by Crippen LogP contribution is 2.43. The topological polar surface area (TPSA) is 12.0 Å². The molecule has 1 fully saturated rings. The predicted molar refractivity (Wildman–Crippen MR) is 90.1 cm³/mol. The second kappa shape index (κ2) is 9.28. The SMILES string of the molecule is CCCCC1CCC(CCSC)(CNC(C)C)CC1. The van der Waals surface area contributed by atoms with Gasteiger partial charge in [0.2, 0.25) is 0 Å². The van der Waals surface area contributed by atoms with Gasteiger partial charge in [-0.25, -0.2) is 0 Å². The highest BCUT2D eigenvalue weighted by atomic mass is 32.2. The molecule has 0 heterocycles. The number of hydrogen-bond acceptors (Lipinski definition) is 2. The van der Waals surface area contributed by atoms with E-state index in [2.05, 4.69) is 32.3 Å². The molecule has 0 amide bonds. The first-order chi connectivity index (χ1) is 9.12. The van der Waals surface area contributed by atoms with Crippen LogP contribution in [0.5, 0.6) is 0 Å². The fourth-order valence-electron chi connectivity index (χ4n) is 3.33. The fraction of sp³-hybridized carbons (Fsp3) is 1.00. The normalized spacial score (nSPS) is 27.9. The van der Waals surface area contributed by atoms with Crippen LogP contribution in [-0.4, -0.2) is 24.6 Å². The smallest absolute Gasteiger partial charge is 0.00106 e. The molecule has 0 atom stereocenters. The van der Waals surface area contributed by atoms with Crippen LogP contribution >= 0.6 is 11.8 Å². The Labute approximate surface area is 125 Å². The lowest BCUT2D eigenvalue weighted by atomic mass is 9.68. The summed E-state index contributed by atoms with van der Waals surface area (Å²) in [5, 5.41) is 3.71. The Kier molecular flexibility index (Phi) is 8.48. The van der Waals surface area contributed by atoms with E-state index in [1.807, 2.05) is 11.8 Å². The third-order valence-electron chi connectivity index (χ3n) is 4.85. The maximum absolute atomic E-state index is 3.71. The molecule has 0 bridgehead atoms. The summed E-state index contributed by atoms with van der Waals surface area (Å²) >= 11 is 2.01. The van der Waals surface area contributed by atoms with Crippen LogP contribution in [0.2, 0.25) is 0 Å².